The number of hydrogen-bond acceptors (Lipinski definition) is 4. The van der Waals surface area contributed by atoms with Crippen LogP contribution in [0.15, 0.2) is 66.9 Å². The third-order valence-electron chi connectivity index (χ3n) is 5.90. The highest BCUT2D eigenvalue weighted by molar-refractivity contribution is 6.30. The first-order valence-electron chi connectivity index (χ1n) is 10.7. The van der Waals surface area contributed by atoms with Gasteiger partial charge in [-0.25, -0.2) is 0 Å². The van der Waals surface area contributed by atoms with Crippen LogP contribution in [0.3, 0.4) is 0 Å². The Morgan fingerprint density at radius 1 is 1.03 bits per heavy atom. The normalized spacial score (nSPS) is 15.7. The summed E-state index contributed by atoms with van der Waals surface area (Å²) in [6, 6.07) is 14.8. The van der Waals surface area contributed by atoms with E-state index in [0.29, 0.717) is 42.2 Å². The number of piperidine rings is 1. The molecule has 1 fully saturated rings. The molecule has 0 spiro atoms. The summed E-state index contributed by atoms with van der Waals surface area (Å²) in [5.41, 5.74) is -0.0188. The number of likely N-dealkylation sites (tertiary alicyclic amines) is 1. The molecule has 2 heterocycles. The summed E-state index contributed by atoms with van der Waals surface area (Å²) < 4.78 is 43.4. The zero-order valence-corrected chi connectivity index (χ0v) is 18.8. The van der Waals surface area contributed by atoms with Crippen LogP contribution in [0.2, 0.25) is 5.02 Å². The Hall–Kier alpha value is -3.10. The van der Waals surface area contributed by atoms with Gasteiger partial charge in [-0.3, -0.25) is 9.78 Å². The molecule has 3 aromatic rings. The second kappa shape index (κ2) is 9.64. The Morgan fingerprint density at radius 3 is 2.24 bits per heavy atom. The van der Waals surface area contributed by atoms with Crippen molar-refractivity contribution >= 4 is 17.5 Å². The minimum atomic E-state index is -4.40. The molecule has 0 saturated carbocycles. The molecule has 1 amide bonds. The molecule has 9 heteroatoms. The number of ether oxygens (including phenoxy) is 1. The molecule has 0 bridgehead atoms. The Kier molecular flexibility index (Phi) is 6.81. The maximum Gasteiger partial charge on any atom is 0.416 e. The number of rotatable bonds is 5. The summed E-state index contributed by atoms with van der Waals surface area (Å²) >= 11 is 5.93. The molecule has 0 aliphatic carbocycles. The zero-order chi connectivity index (χ0) is 24.3. The Balaban J connectivity index is 1.31. The van der Waals surface area contributed by atoms with Crippen LogP contribution in [0.5, 0.6) is 5.75 Å². The van der Waals surface area contributed by atoms with Gasteiger partial charge in [-0.1, -0.05) is 23.7 Å². The van der Waals surface area contributed by atoms with Crippen molar-refractivity contribution < 1.29 is 27.8 Å². The zero-order valence-electron chi connectivity index (χ0n) is 18.1. The SMILES string of the molecule is O=C(c1ccc(COc2ccc(C(F)(F)F)cc2)nc1)N1CCC(O)(c2ccc(Cl)cc2)CC1. The molecule has 1 aliphatic rings. The van der Waals surface area contributed by atoms with Gasteiger partial charge in [0, 0.05) is 24.3 Å². The average molecular weight is 491 g/mol. The van der Waals surface area contributed by atoms with Crippen molar-refractivity contribution in [2.45, 2.75) is 31.2 Å². The molecule has 1 aromatic heterocycles. The van der Waals surface area contributed by atoms with E-state index in [-0.39, 0.29) is 18.3 Å². The number of amides is 1. The van der Waals surface area contributed by atoms with E-state index < -0.39 is 17.3 Å². The van der Waals surface area contributed by atoms with Crippen molar-refractivity contribution in [1.29, 1.82) is 0 Å². The van der Waals surface area contributed by atoms with E-state index in [9.17, 15) is 23.1 Å². The lowest BCUT2D eigenvalue weighted by atomic mass is 9.84. The Labute approximate surface area is 199 Å². The number of carbonyl (C=O) groups excluding carboxylic acids is 1. The number of carbonyl (C=O) groups is 1. The number of aliphatic hydroxyl groups is 1. The highest BCUT2D eigenvalue weighted by Crippen LogP contribution is 2.34. The van der Waals surface area contributed by atoms with E-state index in [4.69, 9.17) is 16.3 Å². The highest BCUT2D eigenvalue weighted by Gasteiger charge is 2.35. The van der Waals surface area contributed by atoms with Gasteiger partial charge in [-0.15, -0.1) is 0 Å². The van der Waals surface area contributed by atoms with Gasteiger partial charge in [-0.05, 0) is 66.9 Å². The number of aromatic nitrogens is 1. The summed E-state index contributed by atoms with van der Waals surface area (Å²) in [7, 11) is 0. The van der Waals surface area contributed by atoms with Crippen LogP contribution in [-0.2, 0) is 18.4 Å². The summed E-state index contributed by atoms with van der Waals surface area (Å²) in [4.78, 5) is 18.8. The fraction of sp³-hybridized carbons (Fsp3) is 0.280. The van der Waals surface area contributed by atoms with Gasteiger partial charge < -0.3 is 14.7 Å². The number of benzene rings is 2. The van der Waals surface area contributed by atoms with Crippen LogP contribution in [0, 0.1) is 0 Å². The number of hydrogen-bond donors (Lipinski definition) is 1. The average Bonchev–Trinajstić information content (AvgIpc) is 2.83. The van der Waals surface area contributed by atoms with E-state index >= 15 is 0 Å². The third kappa shape index (κ3) is 5.51. The van der Waals surface area contributed by atoms with Gasteiger partial charge in [-0.2, -0.15) is 13.2 Å². The number of halogens is 4. The van der Waals surface area contributed by atoms with Gasteiger partial charge in [0.2, 0.25) is 0 Å². The number of alkyl halides is 3. The van der Waals surface area contributed by atoms with Crippen molar-refractivity contribution in [3.8, 4) is 5.75 Å². The summed E-state index contributed by atoms with van der Waals surface area (Å²) in [5.74, 6) is 0.109. The molecule has 0 atom stereocenters. The summed E-state index contributed by atoms with van der Waals surface area (Å²) in [6.45, 7) is 0.852. The van der Waals surface area contributed by atoms with E-state index in [1.807, 2.05) is 0 Å². The molecule has 178 valence electrons. The molecule has 4 rings (SSSR count). The van der Waals surface area contributed by atoms with E-state index in [1.54, 1.807) is 41.3 Å². The van der Waals surface area contributed by atoms with Gasteiger partial charge in [0.05, 0.1) is 22.4 Å². The van der Waals surface area contributed by atoms with Crippen LogP contribution in [0.4, 0.5) is 13.2 Å². The van der Waals surface area contributed by atoms with E-state index in [1.165, 1.54) is 18.3 Å². The van der Waals surface area contributed by atoms with Gasteiger partial charge in [0.1, 0.15) is 12.4 Å². The first-order valence-corrected chi connectivity index (χ1v) is 11.0. The smallest absolute Gasteiger partial charge is 0.416 e. The van der Waals surface area contributed by atoms with Crippen LogP contribution >= 0.6 is 11.6 Å². The first kappa shape index (κ1) is 24.0. The minimum absolute atomic E-state index is 0.0532. The maximum atomic E-state index is 12.9. The molecule has 1 aliphatic heterocycles. The van der Waals surface area contributed by atoms with Crippen molar-refractivity contribution in [3.63, 3.8) is 0 Å². The highest BCUT2D eigenvalue weighted by atomic mass is 35.5. The molecule has 0 radical (unpaired) electrons. The Morgan fingerprint density at radius 2 is 1.68 bits per heavy atom. The fourth-order valence-electron chi connectivity index (χ4n) is 3.84. The maximum absolute atomic E-state index is 12.9. The van der Waals surface area contributed by atoms with Crippen molar-refractivity contribution in [2.75, 3.05) is 13.1 Å². The monoisotopic (exact) mass is 490 g/mol. The molecule has 2 aromatic carbocycles. The standard InChI is InChI=1S/C25H22ClF3N2O3/c26-20-6-2-18(3-7-20)24(33)11-13-31(14-12-24)23(32)17-1-8-21(30-15-17)16-34-22-9-4-19(5-10-22)25(27,28)29/h1-10,15,33H,11-14,16H2. The minimum Gasteiger partial charge on any atom is -0.487 e. The third-order valence-corrected chi connectivity index (χ3v) is 6.15. The molecular formula is C25H22ClF3N2O3. The Bertz CT molecular complexity index is 1130. The van der Waals surface area contributed by atoms with Crippen LogP contribution < -0.4 is 4.74 Å². The topological polar surface area (TPSA) is 62.7 Å². The van der Waals surface area contributed by atoms with Gasteiger partial charge >= 0.3 is 6.18 Å². The molecule has 1 saturated heterocycles. The van der Waals surface area contributed by atoms with Gasteiger partial charge in [0.15, 0.2) is 0 Å². The van der Waals surface area contributed by atoms with Crippen LogP contribution in [0.25, 0.3) is 0 Å². The molecular weight excluding hydrogens is 469 g/mol. The van der Waals surface area contributed by atoms with Crippen LogP contribution in [-0.4, -0.2) is 34.0 Å². The lowest BCUT2D eigenvalue weighted by Crippen LogP contribution is -2.45. The lowest BCUT2D eigenvalue weighted by molar-refractivity contribution is -0.137. The van der Waals surface area contributed by atoms with E-state index in [2.05, 4.69) is 4.98 Å². The fourth-order valence-corrected chi connectivity index (χ4v) is 3.97. The second-order valence-electron chi connectivity index (χ2n) is 8.18. The predicted molar refractivity (Wildman–Crippen MR) is 120 cm³/mol. The molecule has 34 heavy (non-hydrogen) atoms. The van der Waals surface area contributed by atoms with Crippen molar-refractivity contribution in [1.82, 2.24) is 9.88 Å². The quantitative estimate of drug-likeness (QED) is 0.516. The van der Waals surface area contributed by atoms with Crippen molar-refractivity contribution in [2.24, 2.45) is 0 Å². The lowest BCUT2D eigenvalue weighted by Gasteiger charge is -2.38. The summed E-state index contributed by atoms with van der Waals surface area (Å²) in [6.07, 6.45) is -2.13. The van der Waals surface area contributed by atoms with Crippen molar-refractivity contribution in [3.05, 3.63) is 94.3 Å². The first-order chi connectivity index (χ1) is 16.1. The number of pyridine rings is 1. The number of nitrogens with zero attached hydrogens (tertiary/aromatic N) is 2. The largest absolute Gasteiger partial charge is 0.487 e. The summed E-state index contributed by atoms with van der Waals surface area (Å²) in [5, 5.41) is 11.6. The molecule has 5 nitrogen and oxygen atoms in total. The predicted octanol–water partition coefficient (Wildman–Crippen LogP) is 5.46. The molecule has 1 N–H and O–H groups in total. The van der Waals surface area contributed by atoms with Crippen LogP contribution in [0.1, 0.15) is 40.0 Å². The second-order valence-corrected chi connectivity index (χ2v) is 8.62. The molecule has 0 unspecified atom stereocenters. The van der Waals surface area contributed by atoms with E-state index in [0.717, 1.165) is 17.7 Å². The van der Waals surface area contributed by atoms with Gasteiger partial charge in [0.25, 0.3) is 5.91 Å².